The van der Waals surface area contributed by atoms with Crippen molar-refractivity contribution in [3.8, 4) is 5.75 Å². The Morgan fingerprint density at radius 3 is 2.27 bits per heavy atom. The molecule has 3 aromatic carbocycles. The van der Waals surface area contributed by atoms with E-state index in [-0.39, 0.29) is 42.4 Å². The van der Waals surface area contributed by atoms with Gasteiger partial charge in [0.25, 0.3) is 5.91 Å². The number of hydrogen-bond acceptors (Lipinski definition) is 10. The van der Waals surface area contributed by atoms with Gasteiger partial charge in [0.15, 0.2) is 11.6 Å². The number of benzene rings is 3. The van der Waals surface area contributed by atoms with Crippen LogP contribution in [0.3, 0.4) is 0 Å². The second-order valence-electron chi connectivity index (χ2n) is 18.7. The molecule has 0 saturated carbocycles. The number of fused-ring (bicyclic) bond motifs is 2. The van der Waals surface area contributed by atoms with Crippen molar-refractivity contribution in [2.24, 2.45) is 5.41 Å². The summed E-state index contributed by atoms with van der Waals surface area (Å²) in [5.74, 6) is 0.866. The summed E-state index contributed by atoms with van der Waals surface area (Å²) < 4.78 is 6.77. The summed E-state index contributed by atoms with van der Waals surface area (Å²) in [7, 11) is 3.39. The number of carbonyl (C=O) groups excluding carboxylic acids is 6. The molecule has 1 saturated heterocycles. The number of carbonyl (C=O) groups is 6. The van der Waals surface area contributed by atoms with Crippen LogP contribution in [0, 0.1) is 5.41 Å². The number of ketones is 1. The molecule has 1 fully saturated rings. The van der Waals surface area contributed by atoms with Crippen molar-refractivity contribution >= 4 is 68.4 Å². The maximum absolute atomic E-state index is 13.5. The van der Waals surface area contributed by atoms with Crippen LogP contribution < -0.4 is 25.2 Å². The van der Waals surface area contributed by atoms with Gasteiger partial charge in [-0.05, 0) is 69.0 Å². The molecule has 0 aliphatic carbocycles. The molecule has 354 valence electrons. The molecule has 0 bridgehead atoms. The monoisotopic (exact) mass is 975 g/mol. The van der Waals surface area contributed by atoms with Crippen LogP contribution >= 0.6 is 15.9 Å². The fraction of sp³-hybridized carbons (Fsp3) is 0.462. The third-order valence-electron chi connectivity index (χ3n) is 13.1. The van der Waals surface area contributed by atoms with Crippen molar-refractivity contribution in [3.63, 3.8) is 0 Å². The van der Waals surface area contributed by atoms with E-state index < -0.39 is 17.4 Å². The summed E-state index contributed by atoms with van der Waals surface area (Å²) >= 11 is 3.52. The highest BCUT2D eigenvalue weighted by Crippen LogP contribution is 2.38. The molecule has 5 amide bonds. The Balaban J connectivity index is 0.789. The van der Waals surface area contributed by atoms with Crippen LogP contribution in [0.1, 0.15) is 147 Å². The number of piperidine rings is 1. The number of rotatable bonds is 21. The maximum Gasteiger partial charge on any atom is 0.255 e. The molecule has 1 atom stereocenters. The van der Waals surface area contributed by atoms with Crippen molar-refractivity contribution < 1.29 is 33.5 Å². The Labute approximate surface area is 401 Å². The number of nitrogens with zero attached hydrogens (tertiary/aromatic N) is 5. The van der Waals surface area contributed by atoms with E-state index in [0.717, 1.165) is 79.8 Å². The number of halogens is 1. The number of unbranched alkanes of at least 4 members (excludes halogenated alkanes) is 9. The first-order valence-corrected chi connectivity index (χ1v) is 24.4. The van der Waals surface area contributed by atoms with E-state index in [9.17, 15) is 28.8 Å². The van der Waals surface area contributed by atoms with Crippen molar-refractivity contribution in [1.29, 1.82) is 0 Å². The van der Waals surface area contributed by atoms with Gasteiger partial charge >= 0.3 is 0 Å². The number of ether oxygens (including phenoxy) is 1. The average Bonchev–Trinajstić information content (AvgIpc) is 3.62. The number of amides is 5. The standard InChI is InChI=1S/C52H62BrN7O7/c1-52(2)33-59(31-34-20-24-37(53)25-21-34)48-42(58(3)51(52)66)30-54-45(56-48)29-36-23-22-35(28-44(36)67-4)43(61)18-13-11-9-7-5-6-8-10-12-14-19-46(62)55-40-17-15-16-38-39(40)32-60(50(38)65)41-26-27-47(63)57-49(41)64/h15-17,20-25,28,30,41H,5-14,18-19,26-27,29,31-33H2,1-4H3,(H,55,62)(H,57,63,64). The minimum atomic E-state index is -0.699. The maximum atomic E-state index is 13.5. The van der Waals surface area contributed by atoms with Gasteiger partial charge in [-0.25, -0.2) is 9.97 Å². The molecule has 15 heteroatoms. The Kier molecular flexibility index (Phi) is 16.2. The fourth-order valence-corrected chi connectivity index (χ4v) is 9.62. The van der Waals surface area contributed by atoms with E-state index in [2.05, 4.69) is 48.6 Å². The van der Waals surface area contributed by atoms with E-state index in [1.54, 1.807) is 43.5 Å². The second-order valence-corrected chi connectivity index (χ2v) is 19.6. The number of imide groups is 1. The van der Waals surface area contributed by atoms with Crippen molar-refractivity contribution in [2.45, 2.75) is 129 Å². The van der Waals surface area contributed by atoms with Gasteiger partial charge in [0.2, 0.25) is 23.6 Å². The van der Waals surface area contributed by atoms with E-state index >= 15 is 0 Å². The number of Topliss-reactive ketones (excluding diaryl/α,β-unsaturated/α-hetero) is 1. The van der Waals surface area contributed by atoms with Gasteiger partial charge in [-0.15, -0.1) is 0 Å². The first-order chi connectivity index (χ1) is 32.2. The van der Waals surface area contributed by atoms with Crippen LogP contribution in [0.2, 0.25) is 0 Å². The van der Waals surface area contributed by atoms with Crippen molar-refractivity contribution in [2.75, 3.05) is 35.8 Å². The van der Waals surface area contributed by atoms with E-state index in [1.807, 2.05) is 44.2 Å². The summed E-state index contributed by atoms with van der Waals surface area (Å²) in [5, 5.41) is 5.30. The van der Waals surface area contributed by atoms with Gasteiger partial charge in [0, 0.05) is 84.8 Å². The van der Waals surface area contributed by atoms with E-state index in [1.165, 1.54) is 4.90 Å². The van der Waals surface area contributed by atoms with Crippen molar-refractivity contribution in [1.82, 2.24) is 20.2 Å². The molecule has 67 heavy (non-hydrogen) atoms. The van der Waals surface area contributed by atoms with Crippen LogP contribution in [0.25, 0.3) is 0 Å². The molecule has 3 aliphatic heterocycles. The number of hydrogen-bond donors (Lipinski definition) is 2. The molecular formula is C52H62BrN7O7. The SMILES string of the molecule is COc1cc(C(=O)CCCCCCCCCCCCC(=O)Nc2cccc3c2CN(C2CCC(=O)NC2=O)C3=O)ccc1Cc1ncc2c(n1)N(Cc1ccc(Br)cc1)CC(C)(C)C(=O)N2C. The zero-order valence-electron chi connectivity index (χ0n) is 39.1. The molecule has 14 nitrogen and oxygen atoms in total. The van der Waals surface area contributed by atoms with Gasteiger partial charge < -0.3 is 24.8 Å². The predicted octanol–water partition coefficient (Wildman–Crippen LogP) is 9.11. The Bertz CT molecular complexity index is 2490. The minimum Gasteiger partial charge on any atom is -0.496 e. The second kappa shape index (κ2) is 22.2. The molecule has 1 unspecified atom stereocenters. The third-order valence-corrected chi connectivity index (χ3v) is 13.6. The molecule has 7 rings (SSSR count). The lowest BCUT2D eigenvalue weighted by atomic mass is 9.91. The van der Waals surface area contributed by atoms with Crippen LogP contribution in [0.5, 0.6) is 5.75 Å². The average molecular weight is 977 g/mol. The van der Waals surface area contributed by atoms with Gasteiger partial charge in [-0.3, -0.25) is 34.1 Å². The molecule has 2 N–H and O–H groups in total. The summed E-state index contributed by atoms with van der Waals surface area (Å²) in [5.41, 5.74) is 4.39. The lowest BCUT2D eigenvalue weighted by Crippen LogP contribution is -2.52. The van der Waals surface area contributed by atoms with Gasteiger partial charge in [-0.2, -0.15) is 0 Å². The highest BCUT2D eigenvalue weighted by Gasteiger charge is 2.41. The number of methoxy groups -OCH3 is 1. The van der Waals surface area contributed by atoms with Crippen LogP contribution in [-0.4, -0.2) is 76.9 Å². The van der Waals surface area contributed by atoms with Crippen LogP contribution in [0.15, 0.2) is 71.3 Å². The summed E-state index contributed by atoms with van der Waals surface area (Å²) in [6.45, 7) is 5.21. The first-order valence-electron chi connectivity index (χ1n) is 23.6. The van der Waals surface area contributed by atoms with Crippen LogP contribution in [0.4, 0.5) is 17.2 Å². The summed E-state index contributed by atoms with van der Waals surface area (Å²) in [6, 6.07) is 18.3. The molecule has 0 spiro atoms. The number of aromatic nitrogens is 2. The van der Waals surface area contributed by atoms with Gasteiger partial charge in [0.05, 0.1) is 18.7 Å². The Hall–Kier alpha value is -5.96. The van der Waals surface area contributed by atoms with Crippen LogP contribution in [-0.2, 0) is 38.7 Å². The quantitative estimate of drug-likeness (QED) is 0.0466. The molecule has 1 aromatic heterocycles. The van der Waals surface area contributed by atoms with E-state index in [4.69, 9.17) is 9.72 Å². The summed E-state index contributed by atoms with van der Waals surface area (Å²) in [4.78, 5) is 91.7. The molecular weight excluding hydrogens is 915 g/mol. The Morgan fingerprint density at radius 2 is 1.58 bits per heavy atom. The van der Waals surface area contributed by atoms with Gasteiger partial charge in [0.1, 0.15) is 23.3 Å². The summed E-state index contributed by atoms with van der Waals surface area (Å²) in [6.07, 6.45) is 13.7. The zero-order chi connectivity index (χ0) is 47.7. The number of anilines is 3. The largest absolute Gasteiger partial charge is 0.496 e. The highest BCUT2D eigenvalue weighted by atomic mass is 79.9. The van der Waals surface area contributed by atoms with E-state index in [0.29, 0.717) is 84.2 Å². The third kappa shape index (κ3) is 12.1. The normalized spacial score (nSPS) is 16.7. The minimum absolute atomic E-state index is 0.00616. The molecule has 3 aliphatic rings. The predicted molar refractivity (Wildman–Crippen MR) is 261 cm³/mol. The Morgan fingerprint density at radius 1 is 0.896 bits per heavy atom. The topological polar surface area (TPSA) is 171 Å². The first kappa shape index (κ1) is 49.0. The lowest BCUT2D eigenvalue weighted by Gasteiger charge is -2.29. The molecule has 0 radical (unpaired) electrons. The van der Waals surface area contributed by atoms with Crippen molar-refractivity contribution in [3.05, 3.63) is 105 Å². The molecule has 4 aromatic rings. The van der Waals surface area contributed by atoms with Gasteiger partial charge in [-0.1, -0.05) is 97.6 Å². The molecule has 4 heterocycles. The number of nitrogens with one attached hydrogen (secondary N) is 2. The lowest BCUT2D eigenvalue weighted by molar-refractivity contribution is -0.137. The smallest absolute Gasteiger partial charge is 0.255 e. The highest BCUT2D eigenvalue weighted by molar-refractivity contribution is 9.10. The fourth-order valence-electron chi connectivity index (χ4n) is 9.36. The zero-order valence-corrected chi connectivity index (χ0v) is 40.7.